The second-order valence-electron chi connectivity index (χ2n) is 11.8. The predicted octanol–water partition coefficient (Wildman–Crippen LogP) is 3.92. The highest BCUT2D eigenvalue weighted by Gasteiger charge is 2.50. The first-order chi connectivity index (χ1) is 20.9. The molecule has 7 rings (SSSR count). The number of ether oxygens (including phenoxy) is 1. The van der Waals surface area contributed by atoms with Gasteiger partial charge in [-0.25, -0.2) is 4.98 Å². The molecule has 0 bridgehead atoms. The molecule has 4 aromatic rings. The first-order valence-electron chi connectivity index (χ1n) is 14.9. The van der Waals surface area contributed by atoms with Crippen molar-refractivity contribution in [2.75, 3.05) is 20.2 Å². The summed E-state index contributed by atoms with van der Waals surface area (Å²) in [5.74, 6) is -0.521. The highest BCUT2D eigenvalue weighted by atomic mass is 32.1. The maximum Gasteiger partial charge on any atom is 0.271 e. The van der Waals surface area contributed by atoms with Gasteiger partial charge in [0.05, 0.1) is 23.4 Å². The molecule has 0 spiro atoms. The monoisotopic (exact) mass is 599 g/mol. The van der Waals surface area contributed by atoms with Gasteiger partial charge in [-0.2, -0.15) is 0 Å². The summed E-state index contributed by atoms with van der Waals surface area (Å²) in [6.07, 6.45) is 3.58. The Morgan fingerprint density at radius 2 is 2.00 bits per heavy atom. The minimum absolute atomic E-state index is 0.0100. The van der Waals surface area contributed by atoms with Crippen LogP contribution in [0.25, 0.3) is 21.1 Å². The van der Waals surface area contributed by atoms with E-state index in [2.05, 4.69) is 20.6 Å². The zero-order valence-corrected chi connectivity index (χ0v) is 24.6. The molecule has 2 aliphatic heterocycles. The van der Waals surface area contributed by atoms with E-state index in [9.17, 15) is 19.2 Å². The molecule has 2 aromatic heterocycles. The number of benzene rings is 2. The van der Waals surface area contributed by atoms with Crippen LogP contribution in [0.3, 0.4) is 0 Å². The molecule has 1 saturated carbocycles. The number of hydrogen-bond donors (Lipinski definition) is 3. The van der Waals surface area contributed by atoms with Gasteiger partial charge in [0.25, 0.3) is 5.91 Å². The first-order valence-corrected chi connectivity index (χ1v) is 15.7. The maximum absolute atomic E-state index is 14.2. The van der Waals surface area contributed by atoms with Gasteiger partial charge < -0.3 is 25.3 Å². The molecule has 5 atom stereocenters. The second kappa shape index (κ2) is 11.1. The van der Waals surface area contributed by atoms with Crippen molar-refractivity contribution < 1.29 is 23.9 Å². The normalized spacial score (nSPS) is 23.8. The fourth-order valence-electron chi connectivity index (χ4n) is 7.20. The Bertz CT molecular complexity index is 1710. The van der Waals surface area contributed by atoms with Crippen molar-refractivity contribution in [3.05, 3.63) is 59.2 Å². The molecule has 2 aromatic carbocycles. The van der Waals surface area contributed by atoms with E-state index >= 15 is 0 Å². The van der Waals surface area contributed by atoms with Crippen molar-refractivity contribution in [3.63, 3.8) is 0 Å². The number of nitrogens with one attached hydrogen (secondary N) is 3. The summed E-state index contributed by atoms with van der Waals surface area (Å²) in [6.45, 7) is 1.03. The third-order valence-corrected chi connectivity index (χ3v) is 10.4. The number of ketones is 1. The maximum atomic E-state index is 14.2. The molecule has 3 N–H and O–H groups in total. The van der Waals surface area contributed by atoms with Gasteiger partial charge in [0.1, 0.15) is 17.5 Å². The van der Waals surface area contributed by atoms with E-state index in [0.29, 0.717) is 36.0 Å². The van der Waals surface area contributed by atoms with Crippen LogP contribution in [0, 0.1) is 17.8 Å². The number of para-hydroxylation sites is 1. The Morgan fingerprint density at radius 1 is 1.14 bits per heavy atom. The Labute approximate surface area is 252 Å². The summed E-state index contributed by atoms with van der Waals surface area (Å²) in [6, 6.07) is 13.2. The average Bonchev–Trinajstić information content (AvgIpc) is 3.83. The molecule has 3 aliphatic rings. The fourth-order valence-corrected chi connectivity index (χ4v) is 8.16. The lowest BCUT2D eigenvalue weighted by molar-refractivity contribution is -0.127. The molecule has 3 amide bonds. The van der Waals surface area contributed by atoms with Crippen molar-refractivity contribution in [2.45, 2.75) is 44.2 Å². The number of rotatable bonds is 8. The largest absolute Gasteiger partial charge is 0.496 e. The smallest absolute Gasteiger partial charge is 0.271 e. The van der Waals surface area contributed by atoms with E-state index in [4.69, 9.17) is 4.74 Å². The Kier molecular flexibility index (Phi) is 7.12. The van der Waals surface area contributed by atoms with Crippen LogP contribution in [-0.2, 0) is 9.59 Å². The van der Waals surface area contributed by atoms with E-state index in [0.717, 1.165) is 40.4 Å². The van der Waals surface area contributed by atoms with Crippen molar-refractivity contribution in [1.29, 1.82) is 0 Å². The number of carbonyl (C=O) groups is 4. The van der Waals surface area contributed by atoms with E-state index < -0.39 is 12.1 Å². The third-order valence-electron chi connectivity index (χ3n) is 9.32. The molecule has 4 heterocycles. The number of methoxy groups -OCH3 is 1. The lowest BCUT2D eigenvalue weighted by atomic mass is 9.92. The zero-order valence-electron chi connectivity index (χ0n) is 23.8. The molecule has 5 unspecified atom stereocenters. The molecule has 10 nitrogen and oxygen atoms in total. The van der Waals surface area contributed by atoms with Crippen molar-refractivity contribution in [1.82, 2.24) is 25.5 Å². The van der Waals surface area contributed by atoms with E-state index in [-0.39, 0.29) is 47.7 Å². The number of thiazole rings is 1. The van der Waals surface area contributed by atoms with Crippen LogP contribution >= 0.6 is 11.3 Å². The van der Waals surface area contributed by atoms with Crippen molar-refractivity contribution >= 4 is 56.0 Å². The third kappa shape index (κ3) is 4.95. The minimum atomic E-state index is -0.934. The summed E-state index contributed by atoms with van der Waals surface area (Å²) >= 11 is 1.28. The number of nitrogens with zero attached hydrogens (tertiary/aromatic N) is 2. The predicted molar refractivity (Wildman–Crippen MR) is 162 cm³/mol. The molecule has 1 aliphatic carbocycles. The highest BCUT2D eigenvalue weighted by Crippen LogP contribution is 2.43. The van der Waals surface area contributed by atoms with Crippen LogP contribution in [0.1, 0.15) is 52.4 Å². The molecule has 2 saturated heterocycles. The standard InChI is InChI=1S/C32H33N5O5S/c1-42-25-10-5-9-21-20(25)15-24(34-21)32(41)37-16-18-6-4-7-19(18)27(37)30(40)35-23(14-17-12-13-33-29(17)39)28(38)31-36-22-8-2-3-11-26(22)43-31/h2-3,5,8-11,15,17-19,23,27,34H,4,6-7,12-14,16H2,1H3,(H,33,39)(H,35,40). The van der Waals surface area contributed by atoms with Gasteiger partial charge in [-0.1, -0.05) is 24.6 Å². The number of amides is 3. The Hall–Kier alpha value is -4.25. The van der Waals surface area contributed by atoms with Gasteiger partial charge in [-0.3, -0.25) is 19.2 Å². The van der Waals surface area contributed by atoms with Gasteiger partial charge in [0.2, 0.25) is 17.6 Å². The number of H-pyrrole nitrogens is 1. The SMILES string of the molecule is COc1cccc2[nH]c(C(=O)N3CC4CCCC4C3C(=O)NC(CC3CCNC3=O)C(=O)c3nc4ccccc4s3)cc12. The van der Waals surface area contributed by atoms with Gasteiger partial charge in [0, 0.05) is 29.9 Å². The number of hydrogen-bond acceptors (Lipinski definition) is 7. The van der Waals surface area contributed by atoms with Crippen LogP contribution in [0.4, 0.5) is 0 Å². The van der Waals surface area contributed by atoms with Gasteiger partial charge >= 0.3 is 0 Å². The summed E-state index contributed by atoms with van der Waals surface area (Å²) < 4.78 is 6.36. The highest BCUT2D eigenvalue weighted by molar-refractivity contribution is 7.20. The fraction of sp³-hybridized carbons (Fsp3) is 0.406. The molecule has 43 heavy (non-hydrogen) atoms. The van der Waals surface area contributed by atoms with E-state index in [1.807, 2.05) is 42.5 Å². The van der Waals surface area contributed by atoms with Crippen LogP contribution in [0.15, 0.2) is 48.5 Å². The second-order valence-corrected chi connectivity index (χ2v) is 12.8. The number of fused-ring (bicyclic) bond motifs is 3. The van der Waals surface area contributed by atoms with Crippen LogP contribution in [0.5, 0.6) is 5.75 Å². The molecular formula is C32H33N5O5S. The van der Waals surface area contributed by atoms with Gasteiger partial charge in [-0.05, 0) is 67.9 Å². The quantitative estimate of drug-likeness (QED) is 0.263. The Balaban J connectivity index is 1.18. The summed E-state index contributed by atoms with van der Waals surface area (Å²) in [4.78, 5) is 64.0. The lowest BCUT2D eigenvalue weighted by Crippen LogP contribution is -2.53. The average molecular weight is 600 g/mol. The number of Topliss-reactive ketones (excluding diaryl/α,β-unsaturated/α-hetero) is 1. The number of likely N-dealkylation sites (tertiary alicyclic amines) is 1. The van der Waals surface area contributed by atoms with Crippen molar-refractivity contribution in [2.24, 2.45) is 17.8 Å². The summed E-state index contributed by atoms with van der Waals surface area (Å²) in [5, 5.41) is 6.95. The zero-order chi connectivity index (χ0) is 29.7. The van der Waals surface area contributed by atoms with Gasteiger partial charge in [0.15, 0.2) is 5.01 Å². The molecular weight excluding hydrogens is 566 g/mol. The molecule has 222 valence electrons. The lowest BCUT2D eigenvalue weighted by Gasteiger charge is -2.29. The van der Waals surface area contributed by atoms with Crippen molar-refractivity contribution in [3.8, 4) is 5.75 Å². The van der Waals surface area contributed by atoms with Crippen LogP contribution in [-0.4, -0.2) is 70.7 Å². The minimum Gasteiger partial charge on any atom is -0.496 e. The van der Waals surface area contributed by atoms with Crippen LogP contribution in [0.2, 0.25) is 0 Å². The number of carbonyl (C=O) groups excluding carboxylic acids is 4. The topological polar surface area (TPSA) is 133 Å². The van der Waals surface area contributed by atoms with E-state index in [1.54, 1.807) is 18.1 Å². The van der Waals surface area contributed by atoms with E-state index in [1.165, 1.54) is 11.3 Å². The molecule has 11 heteroatoms. The first kappa shape index (κ1) is 27.6. The number of aromatic amines is 1. The number of aromatic nitrogens is 2. The summed E-state index contributed by atoms with van der Waals surface area (Å²) in [7, 11) is 1.59. The van der Waals surface area contributed by atoms with Crippen LogP contribution < -0.4 is 15.4 Å². The molecule has 3 fully saturated rings. The van der Waals surface area contributed by atoms with Gasteiger partial charge in [-0.15, -0.1) is 11.3 Å². The Morgan fingerprint density at radius 3 is 2.79 bits per heavy atom. The molecule has 0 radical (unpaired) electrons. The summed E-state index contributed by atoms with van der Waals surface area (Å²) in [5.41, 5.74) is 1.89.